The number of nitrogens with one attached hydrogen (secondary N) is 2. The Morgan fingerprint density at radius 3 is 2.18 bits per heavy atom. The van der Waals surface area contributed by atoms with Crippen LogP contribution in [-0.4, -0.2) is 55.2 Å². The molecule has 17 heavy (non-hydrogen) atoms. The minimum absolute atomic E-state index is 0.0639. The van der Waals surface area contributed by atoms with E-state index in [1.165, 1.54) is 0 Å². The third-order valence-corrected chi connectivity index (χ3v) is 2.57. The van der Waals surface area contributed by atoms with E-state index in [0.29, 0.717) is 13.1 Å². The minimum Gasteiger partial charge on any atom is -0.481 e. The first-order chi connectivity index (χ1) is 7.82. The van der Waals surface area contributed by atoms with Gasteiger partial charge in [0, 0.05) is 25.6 Å². The fraction of sp³-hybridized carbons (Fsp3) is 0.818. The van der Waals surface area contributed by atoms with Gasteiger partial charge in [-0.3, -0.25) is 4.79 Å². The summed E-state index contributed by atoms with van der Waals surface area (Å²) in [7, 11) is 3.89. The van der Waals surface area contributed by atoms with Crippen molar-refractivity contribution in [3.63, 3.8) is 0 Å². The third kappa shape index (κ3) is 8.50. The van der Waals surface area contributed by atoms with Crippen LogP contribution < -0.4 is 10.6 Å². The molecule has 0 aliphatic rings. The van der Waals surface area contributed by atoms with Gasteiger partial charge in [0.25, 0.3) is 0 Å². The number of aliphatic carboxylic acids is 1. The molecule has 0 aromatic heterocycles. The maximum Gasteiger partial charge on any atom is 0.314 e. The van der Waals surface area contributed by atoms with Crippen molar-refractivity contribution in [1.29, 1.82) is 0 Å². The zero-order valence-corrected chi connectivity index (χ0v) is 11.0. The van der Waals surface area contributed by atoms with E-state index in [2.05, 4.69) is 10.6 Å². The molecular weight excluding hydrogens is 222 g/mol. The first-order valence-electron chi connectivity index (χ1n) is 5.72. The van der Waals surface area contributed by atoms with Gasteiger partial charge in [-0.25, -0.2) is 4.79 Å². The lowest BCUT2D eigenvalue weighted by Gasteiger charge is -2.20. The number of carbonyl (C=O) groups excluding carboxylic acids is 1. The summed E-state index contributed by atoms with van der Waals surface area (Å²) in [6, 6.07) is 0.00753. The van der Waals surface area contributed by atoms with Crippen molar-refractivity contribution in [1.82, 2.24) is 15.5 Å². The van der Waals surface area contributed by atoms with E-state index < -0.39 is 5.97 Å². The molecule has 0 radical (unpaired) electrons. The van der Waals surface area contributed by atoms with Crippen molar-refractivity contribution < 1.29 is 14.7 Å². The number of carbonyl (C=O) groups is 2. The van der Waals surface area contributed by atoms with Crippen LogP contribution in [0.4, 0.5) is 4.79 Å². The molecule has 0 heterocycles. The summed E-state index contributed by atoms with van der Waals surface area (Å²) >= 11 is 0. The van der Waals surface area contributed by atoms with Gasteiger partial charge >= 0.3 is 12.0 Å². The normalized spacial score (nSPS) is 14.2. The van der Waals surface area contributed by atoms with Gasteiger partial charge in [-0.2, -0.15) is 0 Å². The summed E-state index contributed by atoms with van der Waals surface area (Å²) in [6.45, 7) is 4.73. The highest BCUT2D eigenvalue weighted by molar-refractivity contribution is 5.74. The summed E-state index contributed by atoms with van der Waals surface area (Å²) in [5.41, 5.74) is 0. The van der Waals surface area contributed by atoms with E-state index >= 15 is 0 Å². The average molecular weight is 245 g/mol. The smallest absolute Gasteiger partial charge is 0.314 e. The summed E-state index contributed by atoms with van der Waals surface area (Å²) in [4.78, 5) is 23.8. The maximum atomic E-state index is 11.4. The number of carboxylic acid groups (broad SMARTS) is 1. The number of rotatable bonds is 7. The van der Waals surface area contributed by atoms with Gasteiger partial charge < -0.3 is 20.6 Å². The van der Waals surface area contributed by atoms with Crippen LogP contribution in [0.25, 0.3) is 0 Å². The molecule has 6 heteroatoms. The molecule has 0 aromatic rings. The fourth-order valence-electron chi connectivity index (χ4n) is 1.12. The molecule has 0 aliphatic carbocycles. The molecule has 0 fully saturated rings. The molecule has 100 valence electrons. The topological polar surface area (TPSA) is 81.7 Å². The average Bonchev–Trinajstić information content (AvgIpc) is 2.21. The quantitative estimate of drug-likeness (QED) is 0.604. The zero-order chi connectivity index (χ0) is 13.4. The molecule has 6 nitrogen and oxygen atoms in total. The zero-order valence-electron chi connectivity index (χ0n) is 11.0. The van der Waals surface area contributed by atoms with Gasteiger partial charge in [0.1, 0.15) is 0 Å². The molecule has 0 saturated heterocycles. The Morgan fingerprint density at radius 2 is 1.71 bits per heavy atom. The van der Waals surface area contributed by atoms with Crippen molar-refractivity contribution in [2.24, 2.45) is 5.92 Å². The molecule has 2 amide bonds. The number of carboxylic acids is 1. The van der Waals surface area contributed by atoms with Crippen LogP contribution in [0.5, 0.6) is 0 Å². The molecule has 0 aliphatic heterocycles. The largest absolute Gasteiger partial charge is 0.481 e. The fourth-order valence-corrected chi connectivity index (χ4v) is 1.12. The predicted molar refractivity (Wildman–Crippen MR) is 66.0 cm³/mol. The lowest BCUT2D eigenvalue weighted by atomic mass is 10.1. The number of urea groups is 1. The molecular formula is C11H23N3O3. The molecule has 0 bridgehead atoms. The number of hydrogen-bond acceptors (Lipinski definition) is 3. The lowest BCUT2D eigenvalue weighted by molar-refractivity contribution is -0.137. The maximum absolute atomic E-state index is 11.4. The van der Waals surface area contributed by atoms with Crippen molar-refractivity contribution in [2.75, 3.05) is 27.2 Å². The van der Waals surface area contributed by atoms with Crippen LogP contribution in [-0.2, 0) is 4.79 Å². The Balaban J connectivity index is 3.69. The van der Waals surface area contributed by atoms with Crippen LogP contribution in [0, 0.1) is 5.92 Å². The number of hydrogen-bond donors (Lipinski definition) is 3. The van der Waals surface area contributed by atoms with E-state index in [9.17, 15) is 9.59 Å². The Bertz CT molecular complexity index is 256. The molecule has 0 aromatic carbocycles. The molecule has 3 N–H and O–H groups in total. The number of nitrogens with zero attached hydrogens (tertiary/aromatic N) is 1. The van der Waals surface area contributed by atoms with Crippen molar-refractivity contribution >= 4 is 12.0 Å². The standard InChI is InChI=1S/C11H23N3O3/c1-8(5-10(15)16)6-12-11(17)13-7-9(2)14(3)4/h8-9H,5-7H2,1-4H3,(H,15,16)(H2,12,13,17). The van der Waals surface area contributed by atoms with Gasteiger partial charge in [0.15, 0.2) is 0 Å². The Hall–Kier alpha value is -1.30. The lowest BCUT2D eigenvalue weighted by Crippen LogP contribution is -2.44. The SMILES string of the molecule is CC(CNC(=O)NCC(C)N(C)C)CC(=O)O. The number of amides is 2. The Morgan fingerprint density at radius 1 is 1.18 bits per heavy atom. The van der Waals surface area contributed by atoms with Crippen LogP contribution in [0.2, 0.25) is 0 Å². The second kappa shape index (κ2) is 7.89. The summed E-state index contributed by atoms with van der Waals surface area (Å²) < 4.78 is 0. The van der Waals surface area contributed by atoms with E-state index in [1.54, 1.807) is 6.92 Å². The van der Waals surface area contributed by atoms with Gasteiger partial charge in [-0.15, -0.1) is 0 Å². The molecule has 0 spiro atoms. The highest BCUT2D eigenvalue weighted by Crippen LogP contribution is 1.98. The van der Waals surface area contributed by atoms with Gasteiger partial charge in [-0.05, 0) is 26.9 Å². The van der Waals surface area contributed by atoms with Crippen molar-refractivity contribution in [2.45, 2.75) is 26.3 Å². The summed E-state index contributed by atoms with van der Waals surface area (Å²) in [5, 5.41) is 13.9. The Labute approximate surface area is 102 Å². The Kier molecular flexibility index (Phi) is 7.29. The molecule has 0 rings (SSSR count). The first-order valence-corrected chi connectivity index (χ1v) is 5.72. The number of likely N-dealkylation sites (N-methyl/N-ethyl adjacent to an activating group) is 1. The van der Waals surface area contributed by atoms with E-state index in [0.717, 1.165) is 0 Å². The second-order valence-corrected chi connectivity index (χ2v) is 4.61. The van der Waals surface area contributed by atoms with Crippen LogP contribution in [0.1, 0.15) is 20.3 Å². The molecule has 2 atom stereocenters. The minimum atomic E-state index is -0.846. The van der Waals surface area contributed by atoms with Crippen molar-refractivity contribution in [3.05, 3.63) is 0 Å². The first kappa shape index (κ1) is 15.7. The van der Waals surface area contributed by atoms with Gasteiger partial charge in [0.05, 0.1) is 0 Å². The van der Waals surface area contributed by atoms with E-state index in [1.807, 2.05) is 25.9 Å². The van der Waals surface area contributed by atoms with Gasteiger partial charge in [-0.1, -0.05) is 6.92 Å². The van der Waals surface area contributed by atoms with Crippen LogP contribution in [0.15, 0.2) is 0 Å². The highest BCUT2D eigenvalue weighted by Gasteiger charge is 2.10. The van der Waals surface area contributed by atoms with Gasteiger partial charge in [0.2, 0.25) is 0 Å². The van der Waals surface area contributed by atoms with E-state index in [-0.39, 0.29) is 24.4 Å². The van der Waals surface area contributed by atoms with Crippen LogP contribution >= 0.6 is 0 Å². The van der Waals surface area contributed by atoms with Crippen LogP contribution in [0.3, 0.4) is 0 Å². The third-order valence-electron chi connectivity index (χ3n) is 2.57. The van der Waals surface area contributed by atoms with E-state index in [4.69, 9.17) is 5.11 Å². The predicted octanol–water partition coefficient (Wildman–Crippen LogP) is 0.347. The molecule has 0 saturated carbocycles. The summed E-state index contributed by atoms with van der Waals surface area (Å²) in [6.07, 6.45) is 0.0639. The second-order valence-electron chi connectivity index (χ2n) is 4.61. The van der Waals surface area contributed by atoms with Crippen molar-refractivity contribution in [3.8, 4) is 0 Å². The monoisotopic (exact) mass is 245 g/mol. The summed E-state index contributed by atoms with van der Waals surface area (Å²) in [5.74, 6) is -0.912. The molecule has 2 unspecified atom stereocenters. The highest BCUT2D eigenvalue weighted by atomic mass is 16.4.